The van der Waals surface area contributed by atoms with E-state index in [0.717, 1.165) is 49.9 Å². The highest BCUT2D eigenvalue weighted by atomic mass is 16.5. The van der Waals surface area contributed by atoms with Crippen LogP contribution >= 0.6 is 0 Å². The van der Waals surface area contributed by atoms with Crippen molar-refractivity contribution in [1.82, 2.24) is 20.0 Å². The van der Waals surface area contributed by atoms with E-state index in [2.05, 4.69) is 29.2 Å². The van der Waals surface area contributed by atoms with Crippen LogP contribution in [0.2, 0.25) is 0 Å². The Bertz CT molecular complexity index is 479. The van der Waals surface area contributed by atoms with Crippen molar-refractivity contribution < 1.29 is 9.47 Å². The van der Waals surface area contributed by atoms with Gasteiger partial charge in [-0.2, -0.15) is 5.10 Å². The van der Waals surface area contributed by atoms with Gasteiger partial charge in [-0.3, -0.25) is 4.90 Å². The predicted octanol–water partition coefficient (Wildman–Crippen LogP) is 1.72. The minimum Gasteiger partial charge on any atom is -0.481 e. The number of nitrogens with one attached hydrogen (secondary N) is 1. The average molecular weight is 324 g/mol. The molecule has 0 aromatic carbocycles. The van der Waals surface area contributed by atoms with Crippen LogP contribution in [0.3, 0.4) is 0 Å². The first-order valence-electron chi connectivity index (χ1n) is 8.66. The van der Waals surface area contributed by atoms with E-state index in [9.17, 15) is 0 Å². The standard InChI is InChI=1S/C17H32N4O2/c1-13-11-21(12-14(2)23-13)9-7-6-8-18-10-16-15(3)19-20(4)17(16)22-5/h13-14,18H,6-12H2,1-5H3. The van der Waals surface area contributed by atoms with Crippen molar-refractivity contribution in [1.29, 1.82) is 0 Å². The number of aryl methyl sites for hydroxylation is 2. The Hall–Kier alpha value is -1.11. The second kappa shape index (κ2) is 8.66. The van der Waals surface area contributed by atoms with Crippen LogP contribution in [0.25, 0.3) is 0 Å². The fourth-order valence-electron chi connectivity index (χ4n) is 3.41. The van der Waals surface area contributed by atoms with Crippen LogP contribution in [0.1, 0.15) is 37.9 Å². The summed E-state index contributed by atoms with van der Waals surface area (Å²) in [6, 6.07) is 0. The number of hydrogen-bond acceptors (Lipinski definition) is 5. The SMILES string of the molecule is COc1c(CNCCCCN2CC(C)OC(C)C2)c(C)nn1C. The maximum atomic E-state index is 5.77. The topological polar surface area (TPSA) is 51.6 Å². The first-order chi connectivity index (χ1) is 11.0. The molecule has 1 aromatic heterocycles. The number of morpholine rings is 1. The Labute approximate surface area is 140 Å². The molecule has 0 bridgehead atoms. The third kappa shape index (κ3) is 5.19. The number of aromatic nitrogens is 2. The van der Waals surface area contributed by atoms with Crippen molar-refractivity contribution in [2.75, 3.05) is 33.3 Å². The van der Waals surface area contributed by atoms with Gasteiger partial charge in [-0.1, -0.05) is 0 Å². The largest absolute Gasteiger partial charge is 0.481 e. The van der Waals surface area contributed by atoms with E-state index in [1.54, 1.807) is 11.8 Å². The van der Waals surface area contributed by atoms with Crippen LogP contribution in [0.5, 0.6) is 5.88 Å². The van der Waals surface area contributed by atoms with Gasteiger partial charge >= 0.3 is 0 Å². The van der Waals surface area contributed by atoms with Crippen molar-refractivity contribution in [3.63, 3.8) is 0 Å². The fourth-order valence-corrected chi connectivity index (χ4v) is 3.41. The van der Waals surface area contributed by atoms with E-state index in [4.69, 9.17) is 9.47 Å². The molecule has 6 heteroatoms. The Balaban J connectivity index is 1.63. The minimum absolute atomic E-state index is 0.359. The van der Waals surface area contributed by atoms with Crippen LogP contribution in [0, 0.1) is 6.92 Å². The molecule has 1 aliphatic rings. The normalized spacial score (nSPS) is 22.5. The van der Waals surface area contributed by atoms with Gasteiger partial charge in [0.15, 0.2) is 0 Å². The van der Waals surface area contributed by atoms with Crippen molar-refractivity contribution >= 4 is 0 Å². The first-order valence-corrected chi connectivity index (χ1v) is 8.66. The molecule has 23 heavy (non-hydrogen) atoms. The lowest BCUT2D eigenvalue weighted by Gasteiger charge is -2.35. The molecule has 1 aromatic rings. The molecule has 0 radical (unpaired) electrons. The van der Waals surface area contributed by atoms with Gasteiger partial charge in [-0.15, -0.1) is 0 Å². The molecule has 132 valence electrons. The molecule has 2 heterocycles. The highest BCUT2D eigenvalue weighted by Gasteiger charge is 2.21. The zero-order chi connectivity index (χ0) is 16.8. The van der Waals surface area contributed by atoms with Gasteiger partial charge < -0.3 is 14.8 Å². The fraction of sp³-hybridized carbons (Fsp3) is 0.824. The summed E-state index contributed by atoms with van der Waals surface area (Å²) < 4.78 is 13.0. The summed E-state index contributed by atoms with van der Waals surface area (Å²) in [5, 5.41) is 7.91. The molecule has 1 saturated heterocycles. The van der Waals surface area contributed by atoms with Gasteiger partial charge in [0.05, 0.1) is 30.6 Å². The van der Waals surface area contributed by atoms with Crippen molar-refractivity contribution in [3.05, 3.63) is 11.3 Å². The number of methoxy groups -OCH3 is 1. The van der Waals surface area contributed by atoms with Crippen molar-refractivity contribution in [3.8, 4) is 5.88 Å². The summed E-state index contributed by atoms with van der Waals surface area (Å²) in [4.78, 5) is 2.52. The quantitative estimate of drug-likeness (QED) is 0.738. The zero-order valence-corrected chi connectivity index (χ0v) is 15.3. The highest BCUT2D eigenvalue weighted by Crippen LogP contribution is 2.20. The molecule has 2 unspecified atom stereocenters. The molecule has 0 aliphatic carbocycles. The van der Waals surface area contributed by atoms with E-state index in [0.29, 0.717) is 12.2 Å². The number of nitrogens with zero attached hydrogens (tertiary/aromatic N) is 3. The Morgan fingerprint density at radius 3 is 2.61 bits per heavy atom. The van der Waals surface area contributed by atoms with Gasteiger partial charge in [0, 0.05) is 26.7 Å². The van der Waals surface area contributed by atoms with Gasteiger partial charge in [-0.05, 0) is 46.7 Å². The van der Waals surface area contributed by atoms with E-state index >= 15 is 0 Å². The molecule has 6 nitrogen and oxygen atoms in total. The van der Waals surface area contributed by atoms with E-state index in [1.807, 2.05) is 14.0 Å². The zero-order valence-electron chi connectivity index (χ0n) is 15.3. The predicted molar refractivity (Wildman–Crippen MR) is 91.9 cm³/mol. The van der Waals surface area contributed by atoms with Crippen molar-refractivity contribution in [2.45, 2.75) is 52.4 Å². The van der Waals surface area contributed by atoms with Gasteiger partial charge in [-0.25, -0.2) is 4.68 Å². The van der Waals surface area contributed by atoms with Gasteiger partial charge in [0.25, 0.3) is 0 Å². The molecule has 0 saturated carbocycles. The van der Waals surface area contributed by atoms with Crippen molar-refractivity contribution in [2.24, 2.45) is 7.05 Å². The van der Waals surface area contributed by atoms with Crippen LogP contribution in [0.15, 0.2) is 0 Å². The molecule has 1 N–H and O–H groups in total. The maximum absolute atomic E-state index is 5.77. The molecule has 1 fully saturated rings. The molecular formula is C17H32N4O2. The second-order valence-corrected chi connectivity index (χ2v) is 6.60. The summed E-state index contributed by atoms with van der Waals surface area (Å²) in [6.07, 6.45) is 3.12. The summed E-state index contributed by atoms with van der Waals surface area (Å²) in [7, 11) is 3.62. The van der Waals surface area contributed by atoms with Crippen LogP contribution in [0.4, 0.5) is 0 Å². The molecule has 2 atom stereocenters. The van der Waals surface area contributed by atoms with E-state index < -0.39 is 0 Å². The summed E-state index contributed by atoms with van der Waals surface area (Å²) in [5.41, 5.74) is 2.19. The monoisotopic (exact) mass is 324 g/mol. The maximum Gasteiger partial charge on any atom is 0.216 e. The molecule has 0 spiro atoms. The third-order valence-corrected chi connectivity index (χ3v) is 4.36. The number of hydrogen-bond donors (Lipinski definition) is 1. The Morgan fingerprint density at radius 1 is 1.26 bits per heavy atom. The minimum atomic E-state index is 0.359. The smallest absolute Gasteiger partial charge is 0.216 e. The van der Waals surface area contributed by atoms with Crippen LogP contribution in [-0.2, 0) is 18.3 Å². The lowest BCUT2D eigenvalue weighted by Crippen LogP contribution is -2.45. The Morgan fingerprint density at radius 2 is 1.96 bits per heavy atom. The lowest BCUT2D eigenvalue weighted by molar-refractivity contribution is -0.0681. The molecule has 1 aliphatic heterocycles. The second-order valence-electron chi connectivity index (χ2n) is 6.60. The van der Waals surface area contributed by atoms with E-state index in [-0.39, 0.29) is 0 Å². The van der Waals surface area contributed by atoms with Crippen LogP contribution in [-0.4, -0.2) is 60.2 Å². The number of ether oxygens (including phenoxy) is 2. The summed E-state index contributed by atoms with van der Waals surface area (Å²) in [5.74, 6) is 0.853. The van der Waals surface area contributed by atoms with Gasteiger partial charge in [0.1, 0.15) is 0 Å². The third-order valence-electron chi connectivity index (χ3n) is 4.36. The number of rotatable bonds is 8. The summed E-state index contributed by atoms with van der Waals surface area (Å²) in [6.45, 7) is 11.5. The highest BCUT2D eigenvalue weighted by molar-refractivity contribution is 5.30. The van der Waals surface area contributed by atoms with Crippen LogP contribution < -0.4 is 10.1 Å². The summed E-state index contributed by atoms with van der Waals surface area (Å²) >= 11 is 0. The lowest BCUT2D eigenvalue weighted by atomic mass is 10.2. The van der Waals surface area contributed by atoms with Gasteiger partial charge in [0.2, 0.25) is 5.88 Å². The molecule has 0 amide bonds. The average Bonchev–Trinajstić information content (AvgIpc) is 2.75. The Kier molecular flexibility index (Phi) is 6.87. The van der Waals surface area contributed by atoms with E-state index in [1.165, 1.54) is 12.8 Å². The molecule has 2 rings (SSSR count). The number of unbranched alkanes of at least 4 members (excludes halogenated alkanes) is 1. The molecular weight excluding hydrogens is 292 g/mol. The first kappa shape index (κ1) is 18.2.